The summed E-state index contributed by atoms with van der Waals surface area (Å²) >= 11 is 0. The van der Waals surface area contributed by atoms with Crippen LogP contribution in [0.2, 0.25) is 0 Å². The summed E-state index contributed by atoms with van der Waals surface area (Å²) in [5, 5.41) is 0. The van der Waals surface area contributed by atoms with Crippen molar-refractivity contribution in [3.05, 3.63) is 65.5 Å². The minimum atomic E-state index is -0.394. The summed E-state index contributed by atoms with van der Waals surface area (Å²) in [6.07, 6.45) is 5.68. The number of aromatic nitrogens is 1. The van der Waals surface area contributed by atoms with Gasteiger partial charge < -0.3 is 4.98 Å². The van der Waals surface area contributed by atoms with Gasteiger partial charge in [-0.15, -0.1) is 0 Å². The third-order valence-corrected chi connectivity index (χ3v) is 2.96. The molecule has 2 amide bonds. The van der Waals surface area contributed by atoms with E-state index in [9.17, 15) is 9.59 Å². The topological polar surface area (TPSA) is 74.0 Å². The molecule has 0 bridgehead atoms. The number of hydrogen-bond acceptors (Lipinski definition) is 2. The van der Waals surface area contributed by atoms with Crippen molar-refractivity contribution in [2.24, 2.45) is 0 Å². The van der Waals surface area contributed by atoms with Crippen molar-refractivity contribution in [2.75, 3.05) is 0 Å². The fourth-order valence-corrected chi connectivity index (χ4v) is 1.74. The van der Waals surface area contributed by atoms with Crippen LogP contribution in [0.3, 0.4) is 0 Å². The summed E-state index contributed by atoms with van der Waals surface area (Å²) in [7, 11) is 0. The zero-order valence-corrected chi connectivity index (χ0v) is 11.7. The van der Waals surface area contributed by atoms with Crippen molar-refractivity contribution in [2.45, 2.75) is 13.3 Å². The molecule has 1 aromatic heterocycles. The van der Waals surface area contributed by atoms with Crippen LogP contribution in [-0.2, 0) is 11.2 Å². The van der Waals surface area contributed by atoms with E-state index in [4.69, 9.17) is 0 Å². The molecule has 2 aromatic rings. The molecule has 0 unspecified atom stereocenters. The Hall–Kier alpha value is -2.82. The Morgan fingerprint density at radius 2 is 1.90 bits per heavy atom. The number of aryl methyl sites for hydroxylation is 1. The number of rotatable bonds is 4. The fourth-order valence-electron chi connectivity index (χ4n) is 1.74. The van der Waals surface area contributed by atoms with Gasteiger partial charge in [-0.2, -0.15) is 0 Å². The SMILES string of the molecule is CCc1ccc(/C=C/C(=O)NNC(=O)c2ccc[nH]2)cc1. The summed E-state index contributed by atoms with van der Waals surface area (Å²) in [6.45, 7) is 2.09. The maximum atomic E-state index is 11.6. The molecule has 0 aliphatic rings. The zero-order valence-electron chi connectivity index (χ0n) is 11.7. The van der Waals surface area contributed by atoms with E-state index in [2.05, 4.69) is 22.8 Å². The summed E-state index contributed by atoms with van der Waals surface area (Å²) < 4.78 is 0. The number of hydrogen-bond donors (Lipinski definition) is 3. The minimum Gasteiger partial charge on any atom is -0.357 e. The Labute approximate surface area is 123 Å². The molecule has 0 spiro atoms. The van der Waals surface area contributed by atoms with Crippen molar-refractivity contribution in [3.8, 4) is 0 Å². The number of benzene rings is 1. The molecule has 1 heterocycles. The smallest absolute Gasteiger partial charge is 0.286 e. The highest BCUT2D eigenvalue weighted by molar-refractivity contribution is 5.96. The van der Waals surface area contributed by atoms with E-state index in [0.29, 0.717) is 5.69 Å². The maximum Gasteiger partial charge on any atom is 0.286 e. The number of hydrazine groups is 1. The number of H-pyrrole nitrogens is 1. The first-order chi connectivity index (χ1) is 10.2. The number of carbonyl (C=O) groups is 2. The first kappa shape index (κ1) is 14.6. The maximum absolute atomic E-state index is 11.6. The molecule has 108 valence electrons. The molecule has 21 heavy (non-hydrogen) atoms. The highest BCUT2D eigenvalue weighted by atomic mass is 16.2. The number of carbonyl (C=O) groups excluding carboxylic acids is 2. The number of nitrogens with one attached hydrogen (secondary N) is 3. The van der Waals surface area contributed by atoms with E-state index in [-0.39, 0.29) is 0 Å². The van der Waals surface area contributed by atoms with Crippen LogP contribution in [-0.4, -0.2) is 16.8 Å². The van der Waals surface area contributed by atoms with Crippen molar-refractivity contribution in [3.63, 3.8) is 0 Å². The van der Waals surface area contributed by atoms with E-state index >= 15 is 0 Å². The molecule has 0 aliphatic heterocycles. The molecule has 0 atom stereocenters. The minimum absolute atomic E-state index is 0.384. The van der Waals surface area contributed by atoms with Gasteiger partial charge in [0, 0.05) is 12.3 Å². The van der Waals surface area contributed by atoms with Crippen molar-refractivity contribution in [1.29, 1.82) is 0 Å². The van der Waals surface area contributed by atoms with Crippen LogP contribution in [0.4, 0.5) is 0 Å². The Bertz CT molecular complexity index is 628. The van der Waals surface area contributed by atoms with Crippen LogP contribution < -0.4 is 10.9 Å². The van der Waals surface area contributed by atoms with Crippen molar-refractivity contribution >= 4 is 17.9 Å². The van der Waals surface area contributed by atoms with E-state index < -0.39 is 11.8 Å². The van der Waals surface area contributed by atoms with Gasteiger partial charge >= 0.3 is 0 Å². The van der Waals surface area contributed by atoms with Gasteiger partial charge in [0.1, 0.15) is 5.69 Å². The van der Waals surface area contributed by atoms with Gasteiger partial charge in [0.25, 0.3) is 11.8 Å². The first-order valence-corrected chi connectivity index (χ1v) is 6.69. The average molecular weight is 283 g/mol. The quantitative estimate of drug-likeness (QED) is 0.593. The highest BCUT2D eigenvalue weighted by Crippen LogP contribution is 2.06. The average Bonchev–Trinajstić information content (AvgIpc) is 3.05. The molecule has 5 nitrogen and oxygen atoms in total. The molecule has 0 saturated heterocycles. The molecule has 0 radical (unpaired) electrons. The lowest BCUT2D eigenvalue weighted by atomic mass is 10.1. The zero-order chi connectivity index (χ0) is 15.1. The molecule has 0 saturated carbocycles. The van der Waals surface area contributed by atoms with Crippen LogP contribution in [0.15, 0.2) is 48.7 Å². The normalized spacial score (nSPS) is 10.5. The standard InChI is InChI=1S/C16H17N3O2/c1-2-12-5-7-13(8-6-12)9-10-15(20)18-19-16(21)14-4-3-11-17-14/h3-11,17H,2H2,1H3,(H,18,20)(H,19,21)/b10-9+. The summed E-state index contributed by atoms with van der Waals surface area (Å²) in [5.41, 5.74) is 7.19. The largest absolute Gasteiger partial charge is 0.357 e. The molecular formula is C16H17N3O2. The number of aromatic amines is 1. The first-order valence-electron chi connectivity index (χ1n) is 6.69. The Balaban J connectivity index is 1.83. The van der Waals surface area contributed by atoms with E-state index in [1.165, 1.54) is 11.6 Å². The summed E-state index contributed by atoms with van der Waals surface area (Å²) in [6, 6.07) is 11.2. The van der Waals surface area contributed by atoms with E-state index in [1.807, 2.05) is 24.3 Å². The van der Waals surface area contributed by atoms with Gasteiger partial charge in [-0.05, 0) is 35.8 Å². The highest BCUT2D eigenvalue weighted by Gasteiger charge is 2.05. The van der Waals surface area contributed by atoms with Gasteiger partial charge in [0.15, 0.2) is 0 Å². The second-order valence-corrected chi connectivity index (χ2v) is 4.46. The number of amides is 2. The predicted molar refractivity (Wildman–Crippen MR) is 81.3 cm³/mol. The molecular weight excluding hydrogens is 266 g/mol. The Morgan fingerprint density at radius 3 is 2.52 bits per heavy atom. The lowest BCUT2D eigenvalue weighted by Crippen LogP contribution is -2.40. The van der Waals surface area contributed by atoms with Crippen LogP contribution in [0.5, 0.6) is 0 Å². The van der Waals surface area contributed by atoms with Gasteiger partial charge in [-0.1, -0.05) is 31.2 Å². The van der Waals surface area contributed by atoms with Gasteiger partial charge in [0.2, 0.25) is 0 Å². The molecule has 0 fully saturated rings. The van der Waals surface area contributed by atoms with E-state index in [0.717, 1.165) is 12.0 Å². The summed E-state index contributed by atoms with van der Waals surface area (Å²) in [5.74, 6) is -0.788. The summed E-state index contributed by atoms with van der Waals surface area (Å²) in [4.78, 5) is 25.9. The van der Waals surface area contributed by atoms with Crippen molar-refractivity contribution < 1.29 is 9.59 Å². The molecule has 3 N–H and O–H groups in total. The third kappa shape index (κ3) is 4.35. The lowest BCUT2D eigenvalue weighted by Gasteiger charge is -2.03. The Morgan fingerprint density at radius 1 is 1.14 bits per heavy atom. The Kier molecular flexibility index (Phi) is 4.93. The van der Waals surface area contributed by atoms with Gasteiger partial charge in [-0.25, -0.2) is 0 Å². The second kappa shape index (κ2) is 7.09. The van der Waals surface area contributed by atoms with Crippen molar-refractivity contribution in [1.82, 2.24) is 15.8 Å². The second-order valence-electron chi connectivity index (χ2n) is 4.46. The molecule has 1 aromatic carbocycles. The molecule has 5 heteroatoms. The fraction of sp³-hybridized carbons (Fsp3) is 0.125. The van der Waals surface area contributed by atoms with E-state index in [1.54, 1.807) is 24.4 Å². The van der Waals surface area contributed by atoms with Gasteiger partial charge in [0.05, 0.1) is 0 Å². The van der Waals surface area contributed by atoms with Crippen LogP contribution in [0.25, 0.3) is 6.08 Å². The monoisotopic (exact) mass is 283 g/mol. The van der Waals surface area contributed by atoms with Gasteiger partial charge in [-0.3, -0.25) is 20.4 Å². The third-order valence-electron chi connectivity index (χ3n) is 2.96. The lowest BCUT2D eigenvalue weighted by molar-refractivity contribution is -0.117. The van der Waals surface area contributed by atoms with Crippen LogP contribution in [0, 0.1) is 0 Å². The molecule has 2 rings (SSSR count). The van der Waals surface area contributed by atoms with Crippen LogP contribution >= 0.6 is 0 Å². The predicted octanol–water partition coefficient (Wildman–Crippen LogP) is 2.05. The molecule has 0 aliphatic carbocycles. The van der Waals surface area contributed by atoms with Crippen LogP contribution in [0.1, 0.15) is 28.5 Å².